The van der Waals surface area contributed by atoms with Gasteiger partial charge in [0.05, 0.1) is 18.0 Å². The van der Waals surface area contributed by atoms with Gasteiger partial charge in [-0.2, -0.15) is 0 Å². The van der Waals surface area contributed by atoms with Crippen molar-refractivity contribution in [3.8, 4) is 0 Å². The quantitative estimate of drug-likeness (QED) is 0.390. The van der Waals surface area contributed by atoms with Gasteiger partial charge in [0.1, 0.15) is 0 Å². The lowest BCUT2D eigenvalue weighted by atomic mass is 10.0. The van der Waals surface area contributed by atoms with E-state index in [-0.39, 0.29) is 37.1 Å². The van der Waals surface area contributed by atoms with Gasteiger partial charge in [-0.3, -0.25) is 14.3 Å². The number of rotatable bonds is 14. The summed E-state index contributed by atoms with van der Waals surface area (Å²) >= 11 is 0. The number of nitrogens with zero attached hydrogens (tertiary/aromatic N) is 3. The average Bonchev–Trinajstić information content (AvgIpc) is 3.19. The molecule has 2 aromatic rings. The number of benzene rings is 1. The van der Waals surface area contributed by atoms with Crippen molar-refractivity contribution in [3.63, 3.8) is 0 Å². The van der Waals surface area contributed by atoms with E-state index in [0.29, 0.717) is 31.5 Å². The lowest BCUT2D eigenvalue weighted by Gasteiger charge is -2.18. The number of aromatic nitrogens is 3. The van der Waals surface area contributed by atoms with Gasteiger partial charge in [0.25, 0.3) is 0 Å². The molecule has 0 aliphatic heterocycles. The van der Waals surface area contributed by atoms with Gasteiger partial charge < -0.3 is 10.4 Å². The first-order chi connectivity index (χ1) is 14.8. The fraction of sp³-hybridized carbons (Fsp3) is 0.500. The highest BCUT2D eigenvalue weighted by Gasteiger charge is 2.15. The number of hydrogen-bond donors (Lipinski definition) is 3. The Kier molecular flexibility index (Phi) is 9.60. The Bertz CT molecular complexity index is 946. The first-order valence-electron chi connectivity index (χ1n) is 10.2. The van der Waals surface area contributed by atoms with Crippen LogP contribution in [0.25, 0.3) is 0 Å². The zero-order valence-corrected chi connectivity index (χ0v) is 18.3. The third kappa shape index (κ3) is 9.71. The number of sulfonamides is 1. The predicted octanol–water partition coefficient (Wildman–Crippen LogP) is 1.09. The summed E-state index contributed by atoms with van der Waals surface area (Å²) in [6.45, 7) is 2.08. The van der Waals surface area contributed by atoms with E-state index in [4.69, 9.17) is 5.11 Å². The Balaban J connectivity index is 1.78. The minimum Gasteiger partial charge on any atom is -0.481 e. The van der Waals surface area contributed by atoms with Crippen LogP contribution in [0.3, 0.4) is 0 Å². The molecule has 0 aliphatic carbocycles. The average molecular weight is 452 g/mol. The maximum absolute atomic E-state index is 12.3. The summed E-state index contributed by atoms with van der Waals surface area (Å²) in [4.78, 5) is 23.3. The summed E-state index contributed by atoms with van der Waals surface area (Å²) in [6, 6.07) is 9.36. The Hall–Kier alpha value is -2.79. The van der Waals surface area contributed by atoms with Crippen molar-refractivity contribution in [3.05, 3.63) is 47.8 Å². The van der Waals surface area contributed by atoms with Crippen LogP contribution in [-0.4, -0.2) is 52.2 Å². The van der Waals surface area contributed by atoms with E-state index in [1.54, 1.807) is 17.8 Å². The highest BCUT2D eigenvalue weighted by atomic mass is 32.2. The fourth-order valence-corrected chi connectivity index (χ4v) is 3.51. The number of aliphatic carboxylic acids is 1. The van der Waals surface area contributed by atoms with E-state index in [1.807, 2.05) is 30.3 Å². The van der Waals surface area contributed by atoms with Gasteiger partial charge >= 0.3 is 5.97 Å². The molecule has 1 unspecified atom stereocenters. The molecule has 1 amide bonds. The molecule has 31 heavy (non-hydrogen) atoms. The largest absolute Gasteiger partial charge is 0.481 e. The van der Waals surface area contributed by atoms with E-state index in [1.165, 1.54) is 0 Å². The number of nitrogens with one attached hydrogen (secondary N) is 2. The Morgan fingerprint density at radius 1 is 1.19 bits per heavy atom. The van der Waals surface area contributed by atoms with Crippen LogP contribution >= 0.6 is 0 Å². The molecule has 10 nitrogen and oxygen atoms in total. The standard InChI is InChI=1S/C20H29N5O5S/c1-2-31(29,30)21-14-18-15-25(24-23-18)12-6-9-19(26)22-17(10-11-20(27)28)13-16-7-4-3-5-8-16/h3-5,7-8,15,17,21H,2,6,9-14H2,1H3,(H,22,26)(H,27,28). The first kappa shape index (κ1) is 24.5. The summed E-state index contributed by atoms with van der Waals surface area (Å²) in [7, 11) is -3.30. The van der Waals surface area contributed by atoms with Gasteiger partial charge in [-0.05, 0) is 31.7 Å². The highest BCUT2D eigenvalue weighted by Crippen LogP contribution is 2.09. The van der Waals surface area contributed by atoms with Crippen molar-refractivity contribution in [1.29, 1.82) is 0 Å². The van der Waals surface area contributed by atoms with Crippen LogP contribution in [0.5, 0.6) is 0 Å². The number of carboxylic acid groups (broad SMARTS) is 1. The minimum atomic E-state index is -3.30. The van der Waals surface area contributed by atoms with Crippen LogP contribution in [0, 0.1) is 0 Å². The second kappa shape index (κ2) is 12.2. The smallest absolute Gasteiger partial charge is 0.303 e. The number of hydrogen-bond acceptors (Lipinski definition) is 6. The van der Waals surface area contributed by atoms with Gasteiger partial charge in [0.2, 0.25) is 15.9 Å². The molecule has 3 N–H and O–H groups in total. The van der Waals surface area contributed by atoms with Crippen molar-refractivity contribution in [2.45, 2.75) is 58.2 Å². The van der Waals surface area contributed by atoms with Crippen molar-refractivity contribution in [2.24, 2.45) is 0 Å². The van der Waals surface area contributed by atoms with E-state index in [2.05, 4.69) is 20.4 Å². The third-order valence-electron chi connectivity index (χ3n) is 4.63. The Labute approximate surface area is 182 Å². The maximum Gasteiger partial charge on any atom is 0.303 e. The number of carbonyl (C=O) groups excluding carboxylic acids is 1. The molecule has 0 fully saturated rings. The van der Waals surface area contributed by atoms with Crippen molar-refractivity contribution >= 4 is 21.9 Å². The zero-order chi connectivity index (χ0) is 22.7. The summed E-state index contributed by atoms with van der Waals surface area (Å²) in [5.74, 6) is -1.05. The SMILES string of the molecule is CCS(=O)(=O)NCc1cn(CCCC(=O)NC(CCC(=O)O)Cc2ccccc2)nn1. The summed E-state index contributed by atoms with van der Waals surface area (Å²) in [5, 5.41) is 19.8. The fourth-order valence-electron chi connectivity index (χ4n) is 2.94. The molecule has 0 aliphatic rings. The van der Waals surface area contributed by atoms with E-state index in [0.717, 1.165) is 5.56 Å². The second-order valence-corrected chi connectivity index (χ2v) is 9.28. The monoisotopic (exact) mass is 451 g/mol. The number of aryl methyl sites for hydroxylation is 1. The lowest BCUT2D eigenvalue weighted by Crippen LogP contribution is -2.36. The molecule has 2 rings (SSSR count). The van der Waals surface area contributed by atoms with Gasteiger partial charge in [0.15, 0.2) is 0 Å². The van der Waals surface area contributed by atoms with E-state index >= 15 is 0 Å². The third-order valence-corrected chi connectivity index (χ3v) is 5.97. The van der Waals surface area contributed by atoms with Crippen molar-refractivity contribution < 1.29 is 23.1 Å². The van der Waals surface area contributed by atoms with Gasteiger partial charge in [0, 0.05) is 31.6 Å². The van der Waals surface area contributed by atoms with Gasteiger partial charge in [-0.15, -0.1) is 5.10 Å². The zero-order valence-electron chi connectivity index (χ0n) is 17.5. The summed E-state index contributed by atoms with van der Waals surface area (Å²) in [5.41, 5.74) is 1.53. The molecule has 0 saturated carbocycles. The molecule has 170 valence electrons. The molecule has 1 heterocycles. The lowest BCUT2D eigenvalue weighted by molar-refractivity contribution is -0.137. The van der Waals surface area contributed by atoms with Gasteiger partial charge in [-0.1, -0.05) is 35.5 Å². The molecule has 11 heteroatoms. The molecular weight excluding hydrogens is 422 g/mol. The van der Waals surface area contributed by atoms with E-state index < -0.39 is 16.0 Å². The van der Waals surface area contributed by atoms with Gasteiger partial charge in [-0.25, -0.2) is 13.1 Å². The number of carbonyl (C=O) groups is 2. The molecule has 0 saturated heterocycles. The second-order valence-electron chi connectivity index (χ2n) is 7.19. The van der Waals surface area contributed by atoms with Crippen LogP contribution in [0.1, 0.15) is 43.9 Å². The van der Waals surface area contributed by atoms with Crippen LogP contribution in [0.2, 0.25) is 0 Å². The van der Waals surface area contributed by atoms with Crippen LogP contribution in [0.15, 0.2) is 36.5 Å². The molecule has 1 aromatic heterocycles. The molecule has 1 atom stereocenters. The minimum absolute atomic E-state index is 0.00597. The predicted molar refractivity (Wildman–Crippen MR) is 115 cm³/mol. The van der Waals surface area contributed by atoms with Crippen LogP contribution < -0.4 is 10.0 Å². The molecular formula is C20H29N5O5S. The summed E-state index contributed by atoms with van der Waals surface area (Å²) < 4.78 is 26.9. The number of carboxylic acids is 1. The normalized spacial score (nSPS) is 12.4. The maximum atomic E-state index is 12.3. The number of amides is 1. The van der Waals surface area contributed by atoms with Crippen molar-refractivity contribution in [2.75, 3.05) is 5.75 Å². The summed E-state index contributed by atoms with van der Waals surface area (Å²) in [6.07, 6.45) is 3.33. The van der Waals surface area contributed by atoms with Crippen LogP contribution in [0.4, 0.5) is 0 Å². The Morgan fingerprint density at radius 2 is 1.94 bits per heavy atom. The first-order valence-corrected chi connectivity index (χ1v) is 11.8. The molecule has 0 bridgehead atoms. The van der Waals surface area contributed by atoms with Crippen molar-refractivity contribution in [1.82, 2.24) is 25.0 Å². The highest BCUT2D eigenvalue weighted by molar-refractivity contribution is 7.89. The molecule has 0 radical (unpaired) electrons. The molecule has 1 aromatic carbocycles. The van der Waals surface area contributed by atoms with E-state index in [9.17, 15) is 18.0 Å². The van der Waals surface area contributed by atoms with Crippen LogP contribution in [-0.2, 0) is 39.1 Å². The Morgan fingerprint density at radius 3 is 2.61 bits per heavy atom. The molecule has 0 spiro atoms. The topological polar surface area (TPSA) is 143 Å².